The number of aliphatic hydroxyl groups excluding tert-OH is 1. The van der Waals surface area contributed by atoms with Crippen molar-refractivity contribution in [2.45, 2.75) is 30.9 Å². The predicted molar refractivity (Wildman–Crippen MR) is 63.7 cm³/mol. The second-order valence-corrected chi connectivity index (χ2v) is 5.21. The smallest absolute Gasteiger partial charge is 0.209 e. The molecule has 0 aliphatic carbocycles. The molecule has 2 saturated heterocycles. The molecule has 2 rings (SSSR count). The Labute approximate surface area is 102 Å². The van der Waals surface area contributed by atoms with Crippen molar-refractivity contribution in [3.63, 3.8) is 0 Å². The van der Waals surface area contributed by atoms with E-state index in [4.69, 9.17) is 4.74 Å². The van der Waals surface area contributed by atoms with E-state index in [1.165, 1.54) is 6.42 Å². The van der Waals surface area contributed by atoms with Gasteiger partial charge in [0.15, 0.2) is 0 Å². The lowest BCUT2D eigenvalue weighted by atomic mass is 9.94. The fourth-order valence-electron chi connectivity index (χ4n) is 3.02. The molecular formula is C12H22N2O3. The van der Waals surface area contributed by atoms with E-state index in [9.17, 15) is 9.90 Å². The number of carbonyl (C=O) groups is 1. The van der Waals surface area contributed by atoms with E-state index in [1.807, 2.05) is 0 Å². The summed E-state index contributed by atoms with van der Waals surface area (Å²) in [6, 6.07) is 0. The second-order valence-electron chi connectivity index (χ2n) is 5.21. The number of amides is 1. The second kappa shape index (κ2) is 5.33. The van der Waals surface area contributed by atoms with Gasteiger partial charge in [-0.3, -0.25) is 9.69 Å². The van der Waals surface area contributed by atoms with Crippen LogP contribution < -0.4 is 0 Å². The quantitative estimate of drug-likeness (QED) is 0.649. The molecule has 0 radical (unpaired) electrons. The first kappa shape index (κ1) is 12.8. The van der Waals surface area contributed by atoms with E-state index < -0.39 is 0 Å². The van der Waals surface area contributed by atoms with Gasteiger partial charge in [0.2, 0.25) is 6.41 Å². The molecule has 5 nitrogen and oxygen atoms in total. The van der Waals surface area contributed by atoms with E-state index in [-0.39, 0.29) is 18.2 Å². The SMILES string of the molecule is CN(C=O)CCOC1CN2CCCC2(CO)C1. The van der Waals surface area contributed by atoms with Gasteiger partial charge in [-0.2, -0.15) is 0 Å². The van der Waals surface area contributed by atoms with Gasteiger partial charge < -0.3 is 14.7 Å². The average molecular weight is 242 g/mol. The van der Waals surface area contributed by atoms with Gasteiger partial charge in [-0.1, -0.05) is 0 Å². The van der Waals surface area contributed by atoms with Crippen molar-refractivity contribution < 1.29 is 14.6 Å². The van der Waals surface area contributed by atoms with Crippen LogP contribution in [-0.2, 0) is 9.53 Å². The molecule has 0 bridgehead atoms. The van der Waals surface area contributed by atoms with Crippen LogP contribution in [0, 0.1) is 0 Å². The van der Waals surface area contributed by atoms with E-state index >= 15 is 0 Å². The summed E-state index contributed by atoms with van der Waals surface area (Å²) in [5.41, 5.74) is -0.0127. The summed E-state index contributed by atoms with van der Waals surface area (Å²) >= 11 is 0. The van der Waals surface area contributed by atoms with Crippen LogP contribution in [0.5, 0.6) is 0 Å². The Bertz CT molecular complexity index is 274. The van der Waals surface area contributed by atoms with Crippen LogP contribution >= 0.6 is 0 Å². The Balaban J connectivity index is 1.76. The van der Waals surface area contributed by atoms with Crippen molar-refractivity contribution >= 4 is 6.41 Å². The zero-order valence-electron chi connectivity index (χ0n) is 10.5. The topological polar surface area (TPSA) is 53.0 Å². The summed E-state index contributed by atoms with van der Waals surface area (Å²) in [6.45, 7) is 3.45. The van der Waals surface area contributed by atoms with Gasteiger partial charge in [-0.25, -0.2) is 0 Å². The number of rotatable bonds is 6. The molecular weight excluding hydrogens is 220 g/mol. The van der Waals surface area contributed by atoms with Gasteiger partial charge in [-0.05, 0) is 25.8 Å². The largest absolute Gasteiger partial charge is 0.394 e. The Morgan fingerprint density at radius 2 is 2.47 bits per heavy atom. The normalized spacial score (nSPS) is 32.7. The molecule has 0 aromatic rings. The standard InChI is InChI=1S/C12H22N2O3/c1-13(10-16)5-6-17-11-7-12(9-15)3-2-4-14(12)8-11/h10-11,15H,2-9H2,1H3. The van der Waals surface area contributed by atoms with Crippen LogP contribution in [0.4, 0.5) is 0 Å². The van der Waals surface area contributed by atoms with Crippen molar-refractivity contribution in [1.29, 1.82) is 0 Å². The highest BCUT2D eigenvalue weighted by Crippen LogP contribution is 2.39. The van der Waals surface area contributed by atoms with Crippen molar-refractivity contribution in [3.05, 3.63) is 0 Å². The molecule has 0 spiro atoms. The summed E-state index contributed by atoms with van der Waals surface area (Å²) in [5.74, 6) is 0. The first-order chi connectivity index (χ1) is 8.20. The van der Waals surface area contributed by atoms with Crippen molar-refractivity contribution in [3.8, 4) is 0 Å². The number of likely N-dealkylation sites (N-methyl/N-ethyl adjacent to an activating group) is 1. The van der Waals surface area contributed by atoms with Crippen LogP contribution in [-0.4, -0.2) is 72.9 Å². The summed E-state index contributed by atoms with van der Waals surface area (Å²) in [7, 11) is 1.75. The van der Waals surface area contributed by atoms with Gasteiger partial charge in [0.05, 0.1) is 19.3 Å². The van der Waals surface area contributed by atoms with E-state index in [0.29, 0.717) is 13.2 Å². The molecule has 2 heterocycles. The minimum Gasteiger partial charge on any atom is -0.394 e. The van der Waals surface area contributed by atoms with Gasteiger partial charge in [0.25, 0.3) is 0 Å². The van der Waals surface area contributed by atoms with Gasteiger partial charge in [0.1, 0.15) is 0 Å². The van der Waals surface area contributed by atoms with E-state index in [2.05, 4.69) is 4.90 Å². The monoisotopic (exact) mass is 242 g/mol. The molecule has 2 aliphatic heterocycles. The zero-order chi connectivity index (χ0) is 12.3. The fraction of sp³-hybridized carbons (Fsp3) is 0.917. The lowest BCUT2D eigenvalue weighted by molar-refractivity contribution is -0.117. The van der Waals surface area contributed by atoms with Gasteiger partial charge in [0, 0.05) is 25.7 Å². The summed E-state index contributed by atoms with van der Waals surface area (Å²) in [6.07, 6.45) is 4.21. The highest BCUT2D eigenvalue weighted by atomic mass is 16.5. The molecule has 17 heavy (non-hydrogen) atoms. The molecule has 2 unspecified atom stereocenters. The highest BCUT2D eigenvalue weighted by molar-refractivity contribution is 5.46. The molecule has 0 aromatic carbocycles. The van der Waals surface area contributed by atoms with Gasteiger partial charge in [-0.15, -0.1) is 0 Å². The lowest BCUT2D eigenvalue weighted by Crippen LogP contribution is -2.41. The Kier molecular flexibility index (Phi) is 4.01. The van der Waals surface area contributed by atoms with Crippen LogP contribution in [0.3, 0.4) is 0 Å². The fourth-order valence-corrected chi connectivity index (χ4v) is 3.02. The van der Waals surface area contributed by atoms with E-state index in [0.717, 1.165) is 32.3 Å². The molecule has 1 amide bonds. The number of aliphatic hydroxyl groups is 1. The molecule has 2 aliphatic rings. The van der Waals surface area contributed by atoms with E-state index in [1.54, 1.807) is 11.9 Å². The minimum atomic E-state index is -0.0127. The van der Waals surface area contributed by atoms with Crippen LogP contribution in [0.1, 0.15) is 19.3 Å². The number of carbonyl (C=O) groups excluding carboxylic acids is 1. The Morgan fingerprint density at radius 1 is 1.65 bits per heavy atom. The van der Waals surface area contributed by atoms with Crippen LogP contribution in [0.15, 0.2) is 0 Å². The summed E-state index contributed by atoms with van der Waals surface area (Å²) in [5, 5.41) is 9.54. The molecule has 0 saturated carbocycles. The molecule has 2 atom stereocenters. The third kappa shape index (κ3) is 2.61. The number of fused-ring (bicyclic) bond motifs is 1. The van der Waals surface area contributed by atoms with Crippen molar-refractivity contribution in [1.82, 2.24) is 9.80 Å². The zero-order valence-corrected chi connectivity index (χ0v) is 10.5. The number of hydrogen-bond donors (Lipinski definition) is 1. The number of hydrogen-bond acceptors (Lipinski definition) is 4. The van der Waals surface area contributed by atoms with Gasteiger partial charge >= 0.3 is 0 Å². The molecule has 1 N–H and O–H groups in total. The molecule has 2 fully saturated rings. The maximum atomic E-state index is 10.4. The van der Waals surface area contributed by atoms with Crippen LogP contribution in [0.25, 0.3) is 0 Å². The highest BCUT2D eigenvalue weighted by Gasteiger charge is 2.48. The maximum absolute atomic E-state index is 10.4. The third-order valence-corrected chi connectivity index (χ3v) is 4.04. The number of nitrogens with zero attached hydrogens (tertiary/aromatic N) is 2. The minimum absolute atomic E-state index is 0.0127. The average Bonchev–Trinajstić information content (AvgIpc) is 2.85. The lowest BCUT2D eigenvalue weighted by Gasteiger charge is -2.28. The van der Waals surface area contributed by atoms with Crippen LogP contribution in [0.2, 0.25) is 0 Å². The molecule has 0 aromatic heterocycles. The third-order valence-electron chi connectivity index (χ3n) is 4.04. The summed E-state index contributed by atoms with van der Waals surface area (Å²) < 4.78 is 5.79. The summed E-state index contributed by atoms with van der Waals surface area (Å²) in [4.78, 5) is 14.4. The van der Waals surface area contributed by atoms with Crippen molar-refractivity contribution in [2.24, 2.45) is 0 Å². The molecule has 5 heteroatoms. The first-order valence-corrected chi connectivity index (χ1v) is 6.33. The first-order valence-electron chi connectivity index (χ1n) is 6.33. The maximum Gasteiger partial charge on any atom is 0.209 e. The number of ether oxygens (including phenoxy) is 1. The molecule has 98 valence electrons. The predicted octanol–water partition coefficient (Wildman–Crippen LogP) is -0.310. The van der Waals surface area contributed by atoms with Crippen molar-refractivity contribution in [2.75, 3.05) is 39.9 Å². The Morgan fingerprint density at radius 3 is 3.12 bits per heavy atom. The Hall–Kier alpha value is -0.650.